The largest absolute Gasteiger partial charge is 0.492 e. The summed E-state index contributed by atoms with van der Waals surface area (Å²) in [5, 5.41) is 4.04. The van der Waals surface area contributed by atoms with Crippen LogP contribution in [-0.4, -0.2) is 13.2 Å². The lowest BCUT2D eigenvalue weighted by Crippen LogP contribution is -2.13. The summed E-state index contributed by atoms with van der Waals surface area (Å²) in [4.78, 5) is 0. The third kappa shape index (κ3) is 4.42. The normalized spacial score (nSPS) is 10.4. The Bertz CT molecular complexity index is 315. The number of hydrogen-bond donors (Lipinski definition) is 1. The average Bonchev–Trinajstić information content (AvgIpc) is 2.28. The zero-order valence-electron chi connectivity index (χ0n) is 10.1. The Kier molecular flexibility index (Phi) is 6.27. The Hall–Kier alpha value is -0.730. The van der Waals surface area contributed by atoms with E-state index >= 15 is 0 Å². The van der Waals surface area contributed by atoms with Gasteiger partial charge in [-0.1, -0.05) is 31.5 Å². The Morgan fingerprint density at radius 2 is 2.06 bits per heavy atom. The quantitative estimate of drug-likeness (QED) is 0.736. The van der Waals surface area contributed by atoms with Crippen LogP contribution >= 0.6 is 11.6 Å². The molecule has 0 aliphatic heterocycles. The van der Waals surface area contributed by atoms with Gasteiger partial charge < -0.3 is 10.1 Å². The van der Waals surface area contributed by atoms with E-state index in [1.165, 1.54) is 5.56 Å². The van der Waals surface area contributed by atoms with E-state index in [-0.39, 0.29) is 0 Å². The fourth-order valence-electron chi connectivity index (χ4n) is 1.39. The van der Waals surface area contributed by atoms with E-state index in [0.29, 0.717) is 11.6 Å². The number of halogens is 1. The average molecular weight is 242 g/mol. The van der Waals surface area contributed by atoms with Crippen LogP contribution in [0.5, 0.6) is 5.75 Å². The third-order valence-corrected chi connectivity index (χ3v) is 2.51. The molecule has 0 saturated carbocycles. The summed E-state index contributed by atoms with van der Waals surface area (Å²) in [6.07, 6.45) is 2.14. The van der Waals surface area contributed by atoms with Gasteiger partial charge in [0, 0.05) is 6.54 Å². The Balaban J connectivity index is 2.53. The monoisotopic (exact) mass is 241 g/mol. The highest BCUT2D eigenvalue weighted by Gasteiger charge is 2.02. The topological polar surface area (TPSA) is 21.3 Å². The van der Waals surface area contributed by atoms with Crippen molar-refractivity contribution in [3.8, 4) is 5.75 Å². The molecule has 0 heterocycles. The smallest absolute Gasteiger partial charge is 0.137 e. The van der Waals surface area contributed by atoms with Gasteiger partial charge in [-0.15, -0.1) is 0 Å². The van der Waals surface area contributed by atoms with Crippen molar-refractivity contribution < 1.29 is 4.74 Å². The summed E-state index contributed by atoms with van der Waals surface area (Å²) in [5.41, 5.74) is 1.20. The van der Waals surface area contributed by atoms with Crippen LogP contribution in [0, 0.1) is 0 Å². The highest BCUT2D eigenvalue weighted by molar-refractivity contribution is 6.32. The van der Waals surface area contributed by atoms with Crippen LogP contribution in [0.2, 0.25) is 5.02 Å². The van der Waals surface area contributed by atoms with Crippen LogP contribution in [-0.2, 0) is 6.54 Å². The first-order valence-corrected chi connectivity index (χ1v) is 6.27. The lowest BCUT2D eigenvalue weighted by molar-refractivity contribution is 0.317. The second-order valence-electron chi connectivity index (χ2n) is 3.79. The highest BCUT2D eigenvalue weighted by atomic mass is 35.5. The molecule has 90 valence electrons. The fraction of sp³-hybridized carbons (Fsp3) is 0.538. The molecule has 0 unspecified atom stereocenters. The summed E-state index contributed by atoms with van der Waals surface area (Å²) >= 11 is 6.13. The van der Waals surface area contributed by atoms with Crippen molar-refractivity contribution in [3.63, 3.8) is 0 Å². The van der Waals surface area contributed by atoms with Crippen LogP contribution in [0.1, 0.15) is 32.3 Å². The van der Waals surface area contributed by atoms with E-state index < -0.39 is 0 Å². The van der Waals surface area contributed by atoms with Gasteiger partial charge in [-0.25, -0.2) is 0 Å². The first kappa shape index (κ1) is 13.3. The Labute approximate surface area is 103 Å². The van der Waals surface area contributed by atoms with E-state index in [0.717, 1.165) is 31.7 Å². The minimum atomic E-state index is 0.698. The van der Waals surface area contributed by atoms with E-state index in [1.54, 1.807) is 0 Å². The number of benzene rings is 1. The molecule has 0 atom stereocenters. The number of hydrogen-bond acceptors (Lipinski definition) is 2. The van der Waals surface area contributed by atoms with Gasteiger partial charge in [0.1, 0.15) is 5.75 Å². The van der Waals surface area contributed by atoms with Gasteiger partial charge in [0.05, 0.1) is 11.6 Å². The molecule has 0 aromatic heterocycles. The minimum absolute atomic E-state index is 0.698. The zero-order valence-corrected chi connectivity index (χ0v) is 10.8. The molecule has 1 rings (SSSR count). The summed E-state index contributed by atoms with van der Waals surface area (Å²) in [5.74, 6) is 0.780. The molecule has 0 radical (unpaired) electrons. The maximum Gasteiger partial charge on any atom is 0.137 e. The molecular formula is C13H20ClNO. The molecule has 3 heteroatoms. The Morgan fingerprint density at radius 1 is 1.25 bits per heavy atom. The van der Waals surface area contributed by atoms with Crippen molar-refractivity contribution in [3.05, 3.63) is 28.8 Å². The van der Waals surface area contributed by atoms with Crippen molar-refractivity contribution in [2.24, 2.45) is 0 Å². The molecule has 1 N–H and O–H groups in total. The molecule has 1 aromatic carbocycles. The minimum Gasteiger partial charge on any atom is -0.492 e. The van der Waals surface area contributed by atoms with Crippen LogP contribution in [0.25, 0.3) is 0 Å². The maximum absolute atomic E-state index is 6.13. The number of rotatable bonds is 7. The number of ether oxygens (including phenoxy) is 1. The Morgan fingerprint density at radius 3 is 2.69 bits per heavy atom. The molecule has 0 spiro atoms. The fourth-order valence-corrected chi connectivity index (χ4v) is 1.65. The van der Waals surface area contributed by atoms with Gasteiger partial charge >= 0.3 is 0 Å². The third-order valence-electron chi connectivity index (χ3n) is 2.21. The summed E-state index contributed by atoms with van der Waals surface area (Å²) in [6.45, 7) is 6.85. The predicted molar refractivity (Wildman–Crippen MR) is 69.2 cm³/mol. The molecule has 0 amide bonds. The SMILES string of the molecule is CCCNCc1ccc(OCCC)c(Cl)c1. The standard InChI is InChI=1S/C13H20ClNO/c1-3-7-15-10-11-5-6-13(12(14)9-11)16-8-4-2/h5-6,9,15H,3-4,7-8,10H2,1-2H3. The van der Waals surface area contributed by atoms with Gasteiger partial charge in [-0.2, -0.15) is 0 Å². The molecule has 0 aliphatic rings. The van der Waals surface area contributed by atoms with E-state index in [2.05, 4.69) is 25.2 Å². The van der Waals surface area contributed by atoms with Crippen LogP contribution in [0.3, 0.4) is 0 Å². The molecule has 0 aliphatic carbocycles. The second-order valence-corrected chi connectivity index (χ2v) is 4.20. The molecule has 16 heavy (non-hydrogen) atoms. The van der Waals surface area contributed by atoms with E-state index in [4.69, 9.17) is 16.3 Å². The van der Waals surface area contributed by atoms with Crippen LogP contribution in [0.4, 0.5) is 0 Å². The van der Waals surface area contributed by atoms with E-state index in [1.807, 2.05) is 12.1 Å². The van der Waals surface area contributed by atoms with Gasteiger partial charge in [0.15, 0.2) is 0 Å². The molecule has 2 nitrogen and oxygen atoms in total. The van der Waals surface area contributed by atoms with Crippen molar-refractivity contribution in [2.45, 2.75) is 33.2 Å². The first-order chi connectivity index (χ1) is 7.77. The van der Waals surface area contributed by atoms with E-state index in [9.17, 15) is 0 Å². The zero-order chi connectivity index (χ0) is 11.8. The van der Waals surface area contributed by atoms with Crippen LogP contribution in [0.15, 0.2) is 18.2 Å². The maximum atomic E-state index is 6.13. The van der Waals surface area contributed by atoms with Crippen molar-refractivity contribution >= 4 is 11.6 Å². The summed E-state index contributed by atoms with van der Waals surface area (Å²) in [7, 11) is 0. The first-order valence-electron chi connectivity index (χ1n) is 5.89. The summed E-state index contributed by atoms with van der Waals surface area (Å²) < 4.78 is 5.51. The highest BCUT2D eigenvalue weighted by Crippen LogP contribution is 2.25. The lowest BCUT2D eigenvalue weighted by atomic mass is 10.2. The molecule has 1 aromatic rings. The molecule has 0 saturated heterocycles. The summed E-state index contributed by atoms with van der Waals surface area (Å²) in [6, 6.07) is 5.97. The molecular weight excluding hydrogens is 222 g/mol. The van der Waals surface area contributed by atoms with Gasteiger partial charge in [-0.3, -0.25) is 0 Å². The molecule has 0 bridgehead atoms. The van der Waals surface area contributed by atoms with Gasteiger partial charge in [0.2, 0.25) is 0 Å². The lowest BCUT2D eigenvalue weighted by Gasteiger charge is -2.09. The van der Waals surface area contributed by atoms with Crippen molar-refractivity contribution in [2.75, 3.05) is 13.2 Å². The van der Waals surface area contributed by atoms with Gasteiger partial charge in [-0.05, 0) is 37.1 Å². The predicted octanol–water partition coefficient (Wildman–Crippen LogP) is 3.63. The number of nitrogens with one attached hydrogen (secondary N) is 1. The van der Waals surface area contributed by atoms with Crippen molar-refractivity contribution in [1.82, 2.24) is 5.32 Å². The molecule has 0 fully saturated rings. The van der Waals surface area contributed by atoms with Crippen molar-refractivity contribution in [1.29, 1.82) is 0 Å². The second kappa shape index (κ2) is 7.53. The van der Waals surface area contributed by atoms with Crippen LogP contribution < -0.4 is 10.1 Å². The van der Waals surface area contributed by atoms with Gasteiger partial charge in [0.25, 0.3) is 0 Å².